The SMILES string of the molecule is Cc1ccc([C@H](C)NC(=O)c2ccc(-c3cnc(NCc4ccccc4)nc3)cc2)cc1. The fourth-order valence-corrected chi connectivity index (χ4v) is 3.38. The van der Waals surface area contributed by atoms with E-state index < -0.39 is 0 Å². The van der Waals surface area contributed by atoms with Crippen molar-refractivity contribution in [3.63, 3.8) is 0 Å². The van der Waals surface area contributed by atoms with Gasteiger partial charge in [-0.3, -0.25) is 4.79 Å². The van der Waals surface area contributed by atoms with E-state index in [0.717, 1.165) is 16.7 Å². The molecule has 1 aromatic heterocycles. The number of aromatic nitrogens is 2. The summed E-state index contributed by atoms with van der Waals surface area (Å²) in [7, 11) is 0. The van der Waals surface area contributed by atoms with Crippen molar-refractivity contribution in [3.8, 4) is 11.1 Å². The van der Waals surface area contributed by atoms with E-state index >= 15 is 0 Å². The van der Waals surface area contributed by atoms with E-state index in [1.165, 1.54) is 11.1 Å². The monoisotopic (exact) mass is 422 g/mol. The molecule has 2 N–H and O–H groups in total. The molecule has 0 bridgehead atoms. The standard InChI is InChI=1S/C27H26N4O/c1-19-8-10-22(11-9-19)20(2)31-26(32)24-14-12-23(13-15-24)25-17-29-27(30-18-25)28-16-21-6-4-3-5-7-21/h3-15,17-18,20H,16H2,1-2H3,(H,31,32)(H,28,29,30)/t20-/m0/s1. The first kappa shape index (κ1) is 21.2. The third kappa shape index (κ3) is 5.38. The van der Waals surface area contributed by atoms with Crippen LogP contribution in [0.5, 0.6) is 0 Å². The zero-order valence-corrected chi connectivity index (χ0v) is 18.2. The van der Waals surface area contributed by atoms with Crippen LogP contribution in [0.3, 0.4) is 0 Å². The maximum atomic E-state index is 12.6. The number of amides is 1. The van der Waals surface area contributed by atoms with Crippen LogP contribution >= 0.6 is 0 Å². The molecule has 5 heteroatoms. The van der Waals surface area contributed by atoms with Crippen molar-refractivity contribution in [1.29, 1.82) is 0 Å². The maximum absolute atomic E-state index is 12.6. The number of nitrogens with one attached hydrogen (secondary N) is 2. The Labute approximate surface area is 188 Å². The molecule has 0 radical (unpaired) electrons. The molecule has 1 heterocycles. The lowest BCUT2D eigenvalue weighted by Crippen LogP contribution is -2.26. The maximum Gasteiger partial charge on any atom is 0.251 e. The van der Waals surface area contributed by atoms with Gasteiger partial charge in [0.05, 0.1) is 6.04 Å². The summed E-state index contributed by atoms with van der Waals surface area (Å²) in [5.74, 6) is 0.486. The Morgan fingerprint density at radius 3 is 2.16 bits per heavy atom. The first-order valence-corrected chi connectivity index (χ1v) is 10.7. The van der Waals surface area contributed by atoms with Gasteiger partial charge in [-0.25, -0.2) is 9.97 Å². The number of rotatable bonds is 7. The number of hydrogen-bond acceptors (Lipinski definition) is 4. The van der Waals surface area contributed by atoms with Crippen LogP contribution in [0.15, 0.2) is 91.3 Å². The summed E-state index contributed by atoms with van der Waals surface area (Å²) in [6.45, 7) is 4.71. The summed E-state index contributed by atoms with van der Waals surface area (Å²) in [5, 5.41) is 6.28. The fourth-order valence-electron chi connectivity index (χ4n) is 3.38. The largest absolute Gasteiger partial charge is 0.350 e. The van der Waals surface area contributed by atoms with Gasteiger partial charge in [-0.2, -0.15) is 0 Å². The van der Waals surface area contributed by atoms with Gasteiger partial charge in [0.2, 0.25) is 5.95 Å². The minimum absolute atomic E-state index is 0.0629. The third-order valence-electron chi connectivity index (χ3n) is 5.35. The van der Waals surface area contributed by atoms with E-state index in [-0.39, 0.29) is 11.9 Å². The second-order valence-electron chi connectivity index (χ2n) is 7.82. The van der Waals surface area contributed by atoms with Crippen molar-refractivity contribution >= 4 is 11.9 Å². The van der Waals surface area contributed by atoms with Crippen molar-refractivity contribution in [1.82, 2.24) is 15.3 Å². The van der Waals surface area contributed by atoms with Crippen LogP contribution in [0.1, 0.15) is 40.0 Å². The number of nitrogens with zero attached hydrogens (tertiary/aromatic N) is 2. The minimum Gasteiger partial charge on any atom is -0.350 e. The summed E-state index contributed by atoms with van der Waals surface area (Å²) in [6.07, 6.45) is 3.57. The highest BCUT2D eigenvalue weighted by Crippen LogP contribution is 2.20. The molecule has 0 unspecified atom stereocenters. The second-order valence-corrected chi connectivity index (χ2v) is 7.82. The van der Waals surface area contributed by atoms with E-state index in [2.05, 4.69) is 51.8 Å². The highest BCUT2D eigenvalue weighted by atomic mass is 16.1. The summed E-state index contributed by atoms with van der Waals surface area (Å²) < 4.78 is 0. The summed E-state index contributed by atoms with van der Waals surface area (Å²) in [6, 6.07) is 25.7. The van der Waals surface area contributed by atoms with Crippen LogP contribution in [0.25, 0.3) is 11.1 Å². The fraction of sp³-hybridized carbons (Fsp3) is 0.148. The molecule has 160 valence electrons. The zero-order chi connectivity index (χ0) is 22.3. The first-order chi connectivity index (χ1) is 15.6. The molecule has 0 fully saturated rings. The third-order valence-corrected chi connectivity index (χ3v) is 5.35. The van der Waals surface area contributed by atoms with Crippen LogP contribution in [0.4, 0.5) is 5.95 Å². The summed E-state index contributed by atoms with van der Waals surface area (Å²) >= 11 is 0. The van der Waals surface area contributed by atoms with Gasteiger partial charge >= 0.3 is 0 Å². The van der Waals surface area contributed by atoms with Gasteiger partial charge in [-0.05, 0) is 42.7 Å². The number of aryl methyl sites for hydroxylation is 1. The van der Waals surface area contributed by atoms with Crippen LogP contribution in [0.2, 0.25) is 0 Å². The Bertz CT molecular complexity index is 1160. The summed E-state index contributed by atoms with van der Waals surface area (Å²) in [5.41, 5.74) is 5.93. The van der Waals surface area contributed by atoms with E-state index in [1.807, 2.05) is 61.5 Å². The second kappa shape index (κ2) is 9.88. The molecule has 5 nitrogen and oxygen atoms in total. The van der Waals surface area contributed by atoms with Crippen LogP contribution in [0, 0.1) is 6.92 Å². The minimum atomic E-state index is -0.0960. The Hall–Kier alpha value is -3.99. The molecule has 3 aromatic carbocycles. The Morgan fingerprint density at radius 1 is 0.844 bits per heavy atom. The molecule has 0 aliphatic rings. The van der Waals surface area contributed by atoms with E-state index in [4.69, 9.17) is 0 Å². The molecular formula is C27H26N4O. The van der Waals surface area contributed by atoms with E-state index in [0.29, 0.717) is 18.1 Å². The zero-order valence-electron chi connectivity index (χ0n) is 18.2. The van der Waals surface area contributed by atoms with Crippen molar-refractivity contribution < 1.29 is 4.79 Å². The predicted molar refractivity (Wildman–Crippen MR) is 128 cm³/mol. The van der Waals surface area contributed by atoms with Gasteiger partial charge in [0.15, 0.2) is 0 Å². The molecule has 0 aliphatic carbocycles. The number of anilines is 1. The van der Waals surface area contributed by atoms with Gasteiger partial charge in [0.1, 0.15) is 0 Å². The van der Waals surface area contributed by atoms with E-state index in [9.17, 15) is 4.79 Å². The van der Waals surface area contributed by atoms with Gasteiger partial charge in [0.25, 0.3) is 5.91 Å². The lowest BCUT2D eigenvalue weighted by Gasteiger charge is -2.15. The van der Waals surface area contributed by atoms with Gasteiger partial charge in [-0.1, -0.05) is 72.3 Å². The molecular weight excluding hydrogens is 396 g/mol. The number of benzene rings is 3. The van der Waals surface area contributed by atoms with Gasteiger partial charge in [-0.15, -0.1) is 0 Å². The molecule has 32 heavy (non-hydrogen) atoms. The molecule has 1 atom stereocenters. The van der Waals surface area contributed by atoms with Crippen LogP contribution in [-0.2, 0) is 6.54 Å². The molecule has 4 aromatic rings. The van der Waals surface area contributed by atoms with Gasteiger partial charge < -0.3 is 10.6 Å². The van der Waals surface area contributed by atoms with Crippen LogP contribution < -0.4 is 10.6 Å². The normalized spacial score (nSPS) is 11.6. The predicted octanol–water partition coefficient (Wildman–Crippen LogP) is 5.56. The van der Waals surface area contributed by atoms with Crippen LogP contribution in [-0.4, -0.2) is 15.9 Å². The molecule has 0 saturated heterocycles. The first-order valence-electron chi connectivity index (χ1n) is 10.7. The highest BCUT2D eigenvalue weighted by Gasteiger charge is 2.12. The average molecular weight is 423 g/mol. The summed E-state index contributed by atoms with van der Waals surface area (Å²) in [4.78, 5) is 21.4. The number of carbonyl (C=O) groups excluding carboxylic acids is 1. The Morgan fingerprint density at radius 2 is 1.50 bits per heavy atom. The van der Waals surface area contributed by atoms with Crippen molar-refractivity contribution in [2.45, 2.75) is 26.4 Å². The quantitative estimate of drug-likeness (QED) is 0.409. The smallest absolute Gasteiger partial charge is 0.251 e. The topological polar surface area (TPSA) is 66.9 Å². The van der Waals surface area contributed by atoms with E-state index in [1.54, 1.807) is 12.4 Å². The molecule has 4 rings (SSSR count). The molecule has 1 amide bonds. The lowest BCUT2D eigenvalue weighted by molar-refractivity contribution is 0.0940. The Kier molecular flexibility index (Phi) is 6.56. The average Bonchev–Trinajstić information content (AvgIpc) is 2.84. The molecule has 0 saturated carbocycles. The highest BCUT2D eigenvalue weighted by molar-refractivity contribution is 5.94. The van der Waals surface area contributed by atoms with Crippen molar-refractivity contribution in [2.24, 2.45) is 0 Å². The van der Waals surface area contributed by atoms with Crippen molar-refractivity contribution in [3.05, 3.63) is 114 Å². The Balaban J connectivity index is 1.36. The lowest BCUT2D eigenvalue weighted by atomic mass is 10.0. The number of hydrogen-bond donors (Lipinski definition) is 2. The molecule has 0 aliphatic heterocycles. The number of carbonyl (C=O) groups is 1. The molecule has 0 spiro atoms. The van der Waals surface area contributed by atoms with Gasteiger partial charge in [0, 0.05) is 30.1 Å². The van der Waals surface area contributed by atoms with Crippen molar-refractivity contribution in [2.75, 3.05) is 5.32 Å².